The smallest absolute Gasteiger partial charge is 0.171 e. The van der Waals surface area contributed by atoms with Gasteiger partial charge in [0.1, 0.15) is 6.61 Å². The van der Waals surface area contributed by atoms with Crippen LogP contribution in [0.5, 0.6) is 5.75 Å². The number of aromatic nitrogens is 1. The molecule has 0 spiro atoms. The maximum Gasteiger partial charge on any atom is 0.171 e. The average molecular weight is 300 g/mol. The quantitative estimate of drug-likeness (QED) is 0.913. The van der Waals surface area contributed by atoms with Crippen LogP contribution in [0.4, 0.5) is 5.82 Å². The second-order valence-electron chi connectivity index (χ2n) is 5.22. The molecule has 5 heteroatoms. The first-order chi connectivity index (χ1) is 10.9. The van der Waals surface area contributed by atoms with E-state index in [4.69, 9.17) is 9.47 Å². The highest BCUT2D eigenvalue weighted by molar-refractivity contribution is 5.52. The first-order valence-corrected chi connectivity index (χ1v) is 7.46. The Balaban J connectivity index is 1.72. The van der Waals surface area contributed by atoms with Crippen LogP contribution in [0.25, 0.3) is 0 Å². The fraction of sp³-hybridized carbons (Fsp3) is 0.353. The summed E-state index contributed by atoms with van der Waals surface area (Å²) in [7, 11) is 0. The molecule has 0 radical (unpaired) electrons. The highest BCUT2D eigenvalue weighted by atomic mass is 16.5. The maximum atomic E-state index is 9.27. The van der Waals surface area contributed by atoms with Gasteiger partial charge < -0.3 is 19.5 Å². The van der Waals surface area contributed by atoms with E-state index < -0.39 is 0 Å². The fourth-order valence-electron chi connectivity index (χ4n) is 2.49. The van der Waals surface area contributed by atoms with Gasteiger partial charge >= 0.3 is 0 Å². The van der Waals surface area contributed by atoms with Crippen molar-refractivity contribution in [3.63, 3.8) is 0 Å². The van der Waals surface area contributed by atoms with Crippen LogP contribution >= 0.6 is 0 Å². The second kappa shape index (κ2) is 7.24. The molecular formula is C17H20N2O3. The summed E-state index contributed by atoms with van der Waals surface area (Å²) >= 11 is 0. The lowest BCUT2D eigenvalue weighted by atomic mass is 10.2. The molecule has 2 heterocycles. The molecule has 0 amide bonds. The summed E-state index contributed by atoms with van der Waals surface area (Å²) in [5.41, 5.74) is 1.12. The van der Waals surface area contributed by atoms with Gasteiger partial charge in [0.2, 0.25) is 0 Å². The summed E-state index contributed by atoms with van der Waals surface area (Å²) in [6, 6.07) is 13.8. The number of rotatable bonds is 5. The van der Waals surface area contributed by atoms with Crippen molar-refractivity contribution in [3.8, 4) is 5.75 Å². The molecule has 1 aliphatic rings. The van der Waals surface area contributed by atoms with E-state index in [-0.39, 0.29) is 12.7 Å². The third kappa shape index (κ3) is 3.55. The normalized spacial score (nSPS) is 18.2. The number of pyridine rings is 1. The second-order valence-corrected chi connectivity index (χ2v) is 5.22. The molecule has 0 unspecified atom stereocenters. The predicted octanol–water partition coefficient (Wildman–Crippen LogP) is 1.86. The summed E-state index contributed by atoms with van der Waals surface area (Å²) in [5, 5.41) is 9.27. The fourth-order valence-corrected chi connectivity index (χ4v) is 2.49. The van der Waals surface area contributed by atoms with Crippen molar-refractivity contribution in [2.75, 3.05) is 31.2 Å². The van der Waals surface area contributed by atoms with Crippen LogP contribution in [-0.2, 0) is 11.3 Å². The predicted molar refractivity (Wildman–Crippen MR) is 84.0 cm³/mol. The van der Waals surface area contributed by atoms with E-state index in [1.54, 1.807) is 6.20 Å². The van der Waals surface area contributed by atoms with Crippen molar-refractivity contribution < 1.29 is 14.6 Å². The summed E-state index contributed by atoms with van der Waals surface area (Å²) in [4.78, 5) is 6.55. The number of nitrogens with zero attached hydrogens (tertiary/aromatic N) is 2. The van der Waals surface area contributed by atoms with Gasteiger partial charge in [-0.05, 0) is 17.7 Å². The molecule has 1 aromatic heterocycles. The number of hydrogen-bond donors (Lipinski definition) is 1. The first kappa shape index (κ1) is 14.8. The molecule has 1 fully saturated rings. The Morgan fingerprint density at radius 3 is 2.91 bits per heavy atom. The van der Waals surface area contributed by atoms with Gasteiger partial charge in [0, 0.05) is 19.3 Å². The molecule has 2 aromatic rings. The standard InChI is InChI=1S/C17H20N2O3/c20-12-15-11-19(9-10-21-15)17-16(7-4-8-18-17)22-13-14-5-2-1-3-6-14/h1-8,15,20H,9-13H2/t15-/m0/s1. The van der Waals surface area contributed by atoms with Crippen LogP contribution in [0, 0.1) is 0 Å². The molecule has 1 aromatic carbocycles. The van der Waals surface area contributed by atoms with E-state index in [0.29, 0.717) is 19.8 Å². The third-order valence-electron chi connectivity index (χ3n) is 3.63. The van der Waals surface area contributed by atoms with Gasteiger partial charge in [0.25, 0.3) is 0 Å². The summed E-state index contributed by atoms with van der Waals surface area (Å²) in [6.07, 6.45) is 1.59. The number of aliphatic hydroxyl groups excluding tert-OH is 1. The maximum absolute atomic E-state index is 9.27. The van der Waals surface area contributed by atoms with Crippen LogP contribution in [-0.4, -0.2) is 42.5 Å². The van der Waals surface area contributed by atoms with Gasteiger partial charge in [0.15, 0.2) is 11.6 Å². The first-order valence-electron chi connectivity index (χ1n) is 7.46. The molecule has 0 aliphatic carbocycles. The van der Waals surface area contributed by atoms with Crippen LogP contribution in [0.1, 0.15) is 5.56 Å². The molecular weight excluding hydrogens is 280 g/mol. The minimum Gasteiger partial charge on any atom is -0.485 e. The minimum atomic E-state index is -0.169. The van der Waals surface area contributed by atoms with Crippen LogP contribution in [0.2, 0.25) is 0 Å². The number of benzene rings is 1. The largest absolute Gasteiger partial charge is 0.485 e. The van der Waals surface area contributed by atoms with Gasteiger partial charge in [-0.25, -0.2) is 4.98 Å². The molecule has 5 nitrogen and oxygen atoms in total. The van der Waals surface area contributed by atoms with Gasteiger partial charge in [-0.1, -0.05) is 30.3 Å². The van der Waals surface area contributed by atoms with Crippen molar-refractivity contribution in [3.05, 3.63) is 54.2 Å². The Morgan fingerprint density at radius 1 is 1.23 bits per heavy atom. The minimum absolute atomic E-state index is 0.0174. The summed E-state index contributed by atoms with van der Waals surface area (Å²) in [6.45, 7) is 2.47. The SMILES string of the molecule is OC[C@@H]1CN(c2ncccc2OCc2ccccc2)CCO1. The highest BCUT2D eigenvalue weighted by Crippen LogP contribution is 2.27. The molecule has 1 saturated heterocycles. The van der Waals surface area contributed by atoms with Crippen molar-refractivity contribution in [2.45, 2.75) is 12.7 Å². The Hall–Kier alpha value is -2.11. The van der Waals surface area contributed by atoms with Crippen LogP contribution < -0.4 is 9.64 Å². The molecule has 22 heavy (non-hydrogen) atoms. The van der Waals surface area contributed by atoms with E-state index in [9.17, 15) is 5.11 Å². The zero-order valence-electron chi connectivity index (χ0n) is 12.4. The van der Waals surface area contributed by atoms with E-state index in [1.807, 2.05) is 42.5 Å². The average Bonchev–Trinajstić information content (AvgIpc) is 2.61. The van der Waals surface area contributed by atoms with Gasteiger partial charge in [-0.2, -0.15) is 0 Å². The number of ether oxygens (including phenoxy) is 2. The molecule has 1 N–H and O–H groups in total. The molecule has 116 valence electrons. The lowest BCUT2D eigenvalue weighted by Gasteiger charge is -2.33. The molecule has 1 aliphatic heterocycles. The Kier molecular flexibility index (Phi) is 4.88. The van der Waals surface area contributed by atoms with E-state index >= 15 is 0 Å². The van der Waals surface area contributed by atoms with Crippen LogP contribution in [0.3, 0.4) is 0 Å². The van der Waals surface area contributed by atoms with E-state index in [0.717, 1.165) is 23.7 Å². The number of hydrogen-bond acceptors (Lipinski definition) is 5. The van der Waals surface area contributed by atoms with Gasteiger partial charge in [0.05, 0.1) is 19.3 Å². The van der Waals surface area contributed by atoms with E-state index in [1.165, 1.54) is 0 Å². The number of aliphatic hydroxyl groups is 1. The van der Waals surface area contributed by atoms with Gasteiger partial charge in [-0.15, -0.1) is 0 Å². The van der Waals surface area contributed by atoms with E-state index in [2.05, 4.69) is 9.88 Å². The summed E-state index contributed by atoms with van der Waals surface area (Å²) < 4.78 is 11.4. The number of anilines is 1. The monoisotopic (exact) mass is 300 g/mol. The van der Waals surface area contributed by atoms with Crippen molar-refractivity contribution in [1.82, 2.24) is 4.98 Å². The Labute approximate surface area is 130 Å². The summed E-state index contributed by atoms with van der Waals surface area (Å²) in [5.74, 6) is 1.56. The zero-order valence-corrected chi connectivity index (χ0v) is 12.4. The van der Waals surface area contributed by atoms with Crippen molar-refractivity contribution in [2.24, 2.45) is 0 Å². The molecule has 0 bridgehead atoms. The van der Waals surface area contributed by atoms with Crippen molar-refractivity contribution in [1.29, 1.82) is 0 Å². The van der Waals surface area contributed by atoms with Crippen LogP contribution in [0.15, 0.2) is 48.7 Å². The third-order valence-corrected chi connectivity index (χ3v) is 3.63. The number of morpholine rings is 1. The molecule has 1 atom stereocenters. The molecule has 3 rings (SSSR count). The zero-order chi connectivity index (χ0) is 15.2. The highest BCUT2D eigenvalue weighted by Gasteiger charge is 2.23. The lowest BCUT2D eigenvalue weighted by molar-refractivity contribution is 0.00321. The lowest BCUT2D eigenvalue weighted by Crippen LogP contribution is -2.44. The topological polar surface area (TPSA) is 54.8 Å². The Morgan fingerprint density at radius 2 is 2.09 bits per heavy atom. The Bertz CT molecular complexity index is 591. The van der Waals surface area contributed by atoms with Crippen molar-refractivity contribution >= 4 is 5.82 Å². The van der Waals surface area contributed by atoms with Gasteiger partial charge in [-0.3, -0.25) is 0 Å². The molecule has 0 saturated carbocycles.